The quantitative estimate of drug-likeness (QED) is 0.268. The Labute approximate surface area is 144 Å². The summed E-state index contributed by atoms with van der Waals surface area (Å²) in [7, 11) is 2.62. The van der Waals surface area contributed by atoms with Gasteiger partial charge in [-0.05, 0) is 0 Å². The van der Waals surface area contributed by atoms with Crippen molar-refractivity contribution in [1.82, 2.24) is 0 Å². The topological polar surface area (TPSA) is 173 Å². The second-order valence-corrected chi connectivity index (χ2v) is 6.00. The van der Waals surface area contributed by atoms with E-state index in [1.165, 1.54) is 14.2 Å². The molecule has 0 spiro atoms. The molecule has 0 bridgehead atoms. The summed E-state index contributed by atoms with van der Waals surface area (Å²) < 4.78 is 26.3. The molecule has 0 aromatic rings. The Balaban J connectivity index is 2.13. The van der Waals surface area contributed by atoms with E-state index in [1.54, 1.807) is 0 Å². The summed E-state index contributed by atoms with van der Waals surface area (Å²) in [4.78, 5) is 0. The van der Waals surface area contributed by atoms with Crippen LogP contribution in [0.1, 0.15) is 0 Å². The zero-order valence-electron chi connectivity index (χ0n) is 14.0. The van der Waals surface area contributed by atoms with Crippen molar-refractivity contribution in [3.63, 3.8) is 0 Å². The van der Waals surface area contributed by atoms with Crippen molar-refractivity contribution in [3.05, 3.63) is 0 Å². The fraction of sp³-hybridized carbons (Fsp3) is 1.00. The van der Waals surface area contributed by atoms with Crippen LogP contribution in [0.2, 0.25) is 0 Å². The van der Waals surface area contributed by atoms with Gasteiger partial charge in [-0.25, -0.2) is 0 Å². The van der Waals surface area contributed by atoms with Crippen molar-refractivity contribution in [3.8, 4) is 0 Å². The largest absolute Gasteiger partial charge is 0.394 e. The summed E-state index contributed by atoms with van der Waals surface area (Å²) in [5, 5.41) is 50.1. The van der Waals surface area contributed by atoms with Crippen molar-refractivity contribution in [2.24, 2.45) is 5.73 Å². The predicted octanol–water partition coefficient (Wildman–Crippen LogP) is -4.12. The third-order valence-corrected chi connectivity index (χ3v) is 4.49. The molecule has 0 aromatic carbocycles. The van der Waals surface area contributed by atoms with Crippen LogP contribution in [0.25, 0.3) is 0 Å². The highest BCUT2D eigenvalue weighted by atomic mass is 16.7. The minimum absolute atomic E-state index is 0.0102. The first-order valence-electron chi connectivity index (χ1n) is 7.94. The highest BCUT2D eigenvalue weighted by Gasteiger charge is 2.50. The third kappa shape index (κ3) is 4.12. The third-order valence-electron chi connectivity index (χ3n) is 4.49. The Morgan fingerprint density at radius 1 is 0.800 bits per heavy atom. The molecular weight excluding hydrogens is 342 g/mol. The van der Waals surface area contributed by atoms with Gasteiger partial charge in [-0.3, -0.25) is 0 Å². The van der Waals surface area contributed by atoms with Gasteiger partial charge in [0.15, 0.2) is 12.6 Å². The minimum atomic E-state index is -1.50. The molecule has 148 valence electrons. The molecule has 0 aromatic heterocycles. The standard InChI is InChI=1S/C14H27NO10/c1-21-11-5(3-15)23-14(10(20)7(11)17)25-12-6(4-16)24-13(22-2)9(19)8(12)18/h5-14,16-20H,3-4,15H2,1-2H3/t5?,6?,7-,8-,9-,10-,11-,12-,13+,14-/m1/s1. The van der Waals surface area contributed by atoms with Gasteiger partial charge in [-0.2, -0.15) is 0 Å². The monoisotopic (exact) mass is 369 g/mol. The van der Waals surface area contributed by atoms with Crippen molar-refractivity contribution in [2.75, 3.05) is 27.4 Å². The van der Waals surface area contributed by atoms with Gasteiger partial charge in [0, 0.05) is 20.8 Å². The summed E-state index contributed by atoms with van der Waals surface area (Å²) >= 11 is 0. The average molecular weight is 369 g/mol. The molecule has 2 rings (SSSR count). The Kier molecular flexibility index (Phi) is 7.49. The lowest BCUT2D eigenvalue weighted by Gasteiger charge is -2.46. The number of aliphatic hydroxyl groups excluding tert-OH is 5. The number of hydrogen-bond acceptors (Lipinski definition) is 11. The van der Waals surface area contributed by atoms with Crippen LogP contribution in [-0.4, -0.2) is 114 Å². The number of hydrogen-bond donors (Lipinski definition) is 6. The van der Waals surface area contributed by atoms with Crippen LogP contribution in [0.4, 0.5) is 0 Å². The van der Waals surface area contributed by atoms with Crippen LogP contribution >= 0.6 is 0 Å². The zero-order chi connectivity index (χ0) is 18.7. The van der Waals surface area contributed by atoms with Crippen LogP contribution in [0.15, 0.2) is 0 Å². The van der Waals surface area contributed by atoms with Gasteiger partial charge in [0.2, 0.25) is 0 Å². The molecule has 0 aliphatic carbocycles. The molecule has 11 heteroatoms. The van der Waals surface area contributed by atoms with Gasteiger partial charge in [0.05, 0.1) is 6.61 Å². The van der Waals surface area contributed by atoms with Gasteiger partial charge >= 0.3 is 0 Å². The van der Waals surface area contributed by atoms with Gasteiger partial charge in [0.25, 0.3) is 0 Å². The number of aliphatic hydroxyl groups is 5. The Morgan fingerprint density at radius 3 is 1.88 bits per heavy atom. The minimum Gasteiger partial charge on any atom is -0.394 e. The van der Waals surface area contributed by atoms with Crippen LogP contribution in [0.3, 0.4) is 0 Å². The van der Waals surface area contributed by atoms with E-state index in [1.807, 2.05) is 0 Å². The van der Waals surface area contributed by atoms with Gasteiger partial charge in [0.1, 0.15) is 48.8 Å². The highest BCUT2D eigenvalue weighted by molar-refractivity contribution is 4.94. The van der Waals surface area contributed by atoms with Crippen molar-refractivity contribution < 1.29 is 49.2 Å². The number of nitrogens with two attached hydrogens (primary N) is 1. The van der Waals surface area contributed by atoms with E-state index in [0.29, 0.717) is 0 Å². The normalized spacial score (nSPS) is 48.5. The maximum Gasteiger partial charge on any atom is 0.187 e. The molecule has 2 unspecified atom stereocenters. The van der Waals surface area contributed by atoms with E-state index in [9.17, 15) is 25.5 Å². The summed E-state index contributed by atoms with van der Waals surface area (Å²) in [6.07, 6.45) is -12.2. The molecule has 25 heavy (non-hydrogen) atoms. The molecule has 2 heterocycles. The highest BCUT2D eigenvalue weighted by Crippen LogP contribution is 2.29. The lowest BCUT2D eigenvalue weighted by atomic mass is 9.96. The fourth-order valence-corrected chi connectivity index (χ4v) is 3.07. The summed E-state index contributed by atoms with van der Waals surface area (Å²) in [5.41, 5.74) is 5.59. The SMILES string of the molecule is CO[C@H]1OC(CO)[C@@H](O[C@H]2OC(CN)[C@@H](OC)[C@H](O)[C@H]2O)[C@H](O)[C@H]1O. The van der Waals surface area contributed by atoms with Gasteiger partial charge in [-0.15, -0.1) is 0 Å². The van der Waals surface area contributed by atoms with Crippen LogP contribution < -0.4 is 5.73 Å². The first kappa shape index (κ1) is 20.9. The molecule has 10 atom stereocenters. The Hall–Kier alpha value is -0.440. The molecule has 2 aliphatic heterocycles. The molecule has 2 fully saturated rings. The number of ether oxygens (including phenoxy) is 5. The first-order chi connectivity index (χ1) is 11.9. The average Bonchev–Trinajstić information content (AvgIpc) is 2.62. The van der Waals surface area contributed by atoms with E-state index >= 15 is 0 Å². The van der Waals surface area contributed by atoms with E-state index < -0.39 is 68.0 Å². The molecule has 0 amide bonds. The smallest absolute Gasteiger partial charge is 0.187 e. The van der Waals surface area contributed by atoms with E-state index in [-0.39, 0.29) is 6.54 Å². The lowest BCUT2D eigenvalue weighted by molar-refractivity contribution is -0.355. The zero-order valence-corrected chi connectivity index (χ0v) is 14.0. The van der Waals surface area contributed by atoms with Gasteiger partial charge in [-0.1, -0.05) is 0 Å². The number of rotatable bonds is 6. The molecule has 2 saturated heterocycles. The molecule has 7 N–H and O–H groups in total. The molecule has 2 aliphatic rings. The van der Waals surface area contributed by atoms with E-state index in [4.69, 9.17) is 29.4 Å². The molecule has 0 radical (unpaired) electrons. The maximum absolute atomic E-state index is 10.2. The van der Waals surface area contributed by atoms with Crippen molar-refractivity contribution in [2.45, 2.75) is 61.4 Å². The fourth-order valence-electron chi connectivity index (χ4n) is 3.07. The predicted molar refractivity (Wildman–Crippen MR) is 80.2 cm³/mol. The molecular formula is C14H27NO10. The second kappa shape index (κ2) is 8.97. The molecule has 0 saturated carbocycles. The van der Waals surface area contributed by atoms with Crippen LogP contribution in [0.5, 0.6) is 0 Å². The summed E-state index contributed by atoms with van der Waals surface area (Å²) in [6.45, 7) is -0.551. The Bertz CT molecular complexity index is 411. The van der Waals surface area contributed by atoms with Crippen molar-refractivity contribution in [1.29, 1.82) is 0 Å². The molecule has 11 nitrogen and oxygen atoms in total. The van der Waals surface area contributed by atoms with Crippen LogP contribution in [-0.2, 0) is 23.7 Å². The van der Waals surface area contributed by atoms with E-state index in [2.05, 4.69) is 0 Å². The van der Waals surface area contributed by atoms with Gasteiger partial charge < -0.3 is 55.0 Å². The maximum atomic E-state index is 10.2. The number of methoxy groups -OCH3 is 2. The summed E-state index contributed by atoms with van der Waals surface area (Å²) in [6, 6.07) is 0. The lowest BCUT2D eigenvalue weighted by Crippen LogP contribution is -2.65. The second-order valence-electron chi connectivity index (χ2n) is 6.00. The first-order valence-corrected chi connectivity index (χ1v) is 7.94. The summed E-state index contributed by atoms with van der Waals surface area (Å²) in [5.74, 6) is 0. The van der Waals surface area contributed by atoms with E-state index in [0.717, 1.165) is 0 Å². The Morgan fingerprint density at radius 2 is 1.36 bits per heavy atom. The van der Waals surface area contributed by atoms with Crippen LogP contribution in [0, 0.1) is 0 Å². The van der Waals surface area contributed by atoms with Crippen molar-refractivity contribution >= 4 is 0 Å².